The van der Waals surface area contributed by atoms with E-state index in [0.717, 1.165) is 73.4 Å². The number of esters is 4. The van der Waals surface area contributed by atoms with E-state index in [1.165, 1.54) is 11.1 Å². The van der Waals surface area contributed by atoms with Gasteiger partial charge < -0.3 is 61.9 Å². The van der Waals surface area contributed by atoms with Crippen molar-refractivity contribution < 1.29 is 81.1 Å². The Balaban J connectivity index is 0.00000325. The monoisotopic (exact) mass is 876 g/mol. The Morgan fingerprint density at radius 3 is 1.15 bits per heavy atom. The highest BCUT2D eigenvalue weighted by Crippen LogP contribution is 2.45. The number of halogens is 2. The average molecular weight is 879 g/mol. The first-order valence-corrected chi connectivity index (χ1v) is 19.6. The van der Waals surface area contributed by atoms with Gasteiger partial charge in [-0.25, -0.2) is 0 Å². The summed E-state index contributed by atoms with van der Waals surface area (Å²) < 4.78 is 24.6. The van der Waals surface area contributed by atoms with Crippen molar-refractivity contribution in [2.45, 2.75) is 153 Å². The Bertz CT molecular complexity index is 1440. The van der Waals surface area contributed by atoms with Crippen LogP contribution in [-0.2, 0) is 41.7 Å². The minimum Gasteiger partial charge on any atom is -1.00 e. The first-order valence-electron chi connectivity index (χ1n) is 19.6. The predicted octanol–water partition coefficient (Wildman–Crippen LogP) is 0.952. The van der Waals surface area contributed by atoms with E-state index in [0.29, 0.717) is 74.2 Å². The number of unbranched alkanes of at least 4 members (excludes halogenated alkanes) is 1. The van der Waals surface area contributed by atoms with E-state index in [9.17, 15) is 19.2 Å². The Morgan fingerprint density at radius 1 is 0.537 bits per heavy atom. The molecule has 2 aromatic rings. The third kappa shape index (κ3) is 10.5. The van der Waals surface area contributed by atoms with Gasteiger partial charge in [0.1, 0.15) is 36.8 Å². The molecule has 0 N–H and O–H groups in total. The van der Waals surface area contributed by atoms with Crippen molar-refractivity contribution in [3.63, 3.8) is 0 Å². The van der Waals surface area contributed by atoms with Crippen molar-refractivity contribution in [1.82, 2.24) is 0 Å². The van der Waals surface area contributed by atoms with Gasteiger partial charge in [0.05, 0.1) is 38.3 Å². The van der Waals surface area contributed by atoms with Gasteiger partial charge in [-0.2, -0.15) is 0 Å². The van der Waals surface area contributed by atoms with E-state index in [1.807, 2.05) is 24.3 Å². The lowest BCUT2D eigenvalue weighted by Crippen LogP contribution is -3.00. The van der Waals surface area contributed by atoms with E-state index in [-0.39, 0.29) is 70.0 Å². The maximum atomic E-state index is 12.8. The zero-order valence-electron chi connectivity index (χ0n) is 32.3. The fraction of sp³-hybridized carbons (Fsp3) is 0.619. The van der Waals surface area contributed by atoms with E-state index in [4.69, 9.17) is 18.9 Å². The summed E-state index contributed by atoms with van der Waals surface area (Å²) >= 11 is 0. The maximum absolute atomic E-state index is 12.8. The van der Waals surface area contributed by atoms with Crippen molar-refractivity contribution in [1.29, 1.82) is 0 Å². The summed E-state index contributed by atoms with van der Waals surface area (Å²) in [5.41, 5.74) is 2.43. The smallest absolute Gasteiger partial charge is 0.310 e. The molecule has 4 heterocycles. The van der Waals surface area contributed by atoms with E-state index in [2.05, 4.69) is 38.4 Å². The molecule has 0 saturated carbocycles. The standard InChI is InChI=1S/C42H58N2O8.2BrH/c1-5-39(45)49-35-19-11-29(12-20-35)27-43(3)31-15-16-32(43)24-37(23-31)51-41(47)9-7-8-10-42(48)52-38-25-33-17-18-34(26-38)44(33,4)28-30-13-21-36(22-14-30)50-40(46)6-2;;/h11-14,19-22,31-34,37-38H,5-10,15-18,23-28H2,1-4H3;2*1H/q+2;;/p-2. The fourth-order valence-corrected chi connectivity index (χ4v) is 9.64. The van der Waals surface area contributed by atoms with Crippen LogP contribution in [0.25, 0.3) is 0 Å². The van der Waals surface area contributed by atoms with E-state index >= 15 is 0 Å². The first-order chi connectivity index (χ1) is 25.0. The quantitative estimate of drug-likeness (QED) is 0.113. The van der Waals surface area contributed by atoms with Crippen LogP contribution in [0.3, 0.4) is 0 Å². The van der Waals surface area contributed by atoms with E-state index in [1.54, 1.807) is 13.8 Å². The molecule has 0 aromatic heterocycles. The van der Waals surface area contributed by atoms with Crippen LogP contribution in [0.15, 0.2) is 48.5 Å². The molecule has 4 saturated heterocycles. The minimum atomic E-state index is -0.232. The van der Waals surface area contributed by atoms with Gasteiger partial charge in [0, 0.05) is 88.2 Å². The SMILES string of the molecule is CCC(=O)Oc1ccc(C[N+]2(C)C3CCC2CC(OC(=O)CCCCC(=O)OC2CC4CCC(C2)[N+]4(C)Cc2ccc(OC(=O)CC)cc2)C3)cc1.[Br-].[Br-]. The van der Waals surface area contributed by atoms with Gasteiger partial charge >= 0.3 is 23.9 Å². The summed E-state index contributed by atoms with van der Waals surface area (Å²) in [6.07, 6.45) is 10.5. The second-order valence-electron chi connectivity index (χ2n) is 16.1. The molecule has 4 aliphatic heterocycles. The average Bonchev–Trinajstić information content (AvgIpc) is 3.35. The van der Waals surface area contributed by atoms with Crippen LogP contribution in [0.2, 0.25) is 0 Å². The maximum Gasteiger partial charge on any atom is 0.310 e. The number of ether oxygens (including phenoxy) is 4. The van der Waals surface area contributed by atoms with Crippen molar-refractivity contribution in [3.8, 4) is 11.5 Å². The molecule has 6 rings (SSSR count). The summed E-state index contributed by atoms with van der Waals surface area (Å²) in [4.78, 5) is 48.9. The zero-order valence-corrected chi connectivity index (χ0v) is 35.5. The molecule has 10 nitrogen and oxygen atoms in total. The highest BCUT2D eigenvalue weighted by atomic mass is 79.9. The van der Waals surface area contributed by atoms with Gasteiger partial charge in [-0.1, -0.05) is 13.8 Å². The Labute approximate surface area is 341 Å². The van der Waals surface area contributed by atoms with Crippen LogP contribution in [0.1, 0.15) is 115 Å². The topological polar surface area (TPSA) is 105 Å². The Kier molecular flexibility index (Phi) is 15.8. The molecule has 298 valence electrons. The highest BCUT2D eigenvalue weighted by Gasteiger charge is 2.53. The van der Waals surface area contributed by atoms with Crippen LogP contribution in [0, 0.1) is 0 Å². The number of fused-ring (bicyclic) bond motifs is 4. The van der Waals surface area contributed by atoms with Crippen LogP contribution in [0.5, 0.6) is 11.5 Å². The molecule has 54 heavy (non-hydrogen) atoms. The fourth-order valence-electron chi connectivity index (χ4n) is 9.64. The van der Waals surface area contributed by atoms with Crippen molar-refractivity contribution in [3.05, 3.63) is 59.7 Å². The molecule has 2 aromatic carbocycles. The molecule has 0 aliphatic carbocycles. The Hall–Kier alpha value is -2.80. The number of carbonyl (C=O) groups is 4. The largest absolute Gasteiger partial charge is 1.00 e. The molecule has 4 fully saturated rings. The van der Waals surface area contributed by atoms with Crippen molar-refractivity contribution in [2.24, 2.45) is 0 Å². The van der Waals surface area contributed by atoms with Crippen LogP contribution >= 0.6 is 0 Å². The number of hydrogen-bond acceptors (Lipinski definition) is 8. The lowest BCUT2D eigenvalue weighted by atomic mass is 9.95. The molecule has 4 aliphatic rings. The molecule has 4 bridgehead atoms. The van der Waals surface area contributed by atoms with Gasteiger partial charge in [-0.05, 0) is 61.4 Å². The van der Waals surface area contributed by atoms with Gasteiger partial charge in [-0.3, -0.25) is 19.2 Å². The number of rotatable bonds is 15. The molecule has 0 radical (unpaired) electrons. The molecule has 0 spiro atoms. The van der Waals surface area contributed by atoms with Gasteiger partial charge in [0.25, 0.3) is 0 Å². The Morgan fingerprint density at radius 2 is 0.852 bits per heavy atom. The molecular formula is C42H58Br2N2O8. The molecular weight excluding hydrogens is 820 g/mol. The first kappa shape index (κ1) is 43.9. The number of benzene rings is 2. The number of hydrogen-bond donors (Lipinski definition) is 0. The highest BCUT2D eigenvalue weighted by molar-refractivity contribution is 5.72. The summed E-state index contributed by atoms with van der Waals surface area (Å²) in [6, 6.07) is 17.5. The summed E-state index contributed by atoms with van der Waals surface area (Å²) in [6.45, 7) is 5.38. The van der Waals surface area contributed by atoms with Crippen LogP contribution in [0.4, 0.5) is 0 Å². The minimum absolute atomic E-state index is 0. The van der Waals surface area contributed by atoms with Crippen LogP contribution in [-0.4, -0.2) is 83.3 Å². The van der Waals surface area contributed by atoms with Gasteiger partial charge in [0.2, 0.25) is 0 Å². The predicted molar refractivity (Wildman–Crippen MR) is 195 cm³/mol. The lowest BCUT2D eigenvalue weighted by Gasteiger charge is -2.47. The summed E-state index contributed by atoms with van der Waals surface area (Å²) in [5.74, 6) is 0.370. The summed E-state index contributed by atoms with van der Waals surface area (Å²) in [7, 11) is 4.66. The number of carbonyl (C=O) groups excluding carboxylic acids is 4. The third-order valence-corrected chi connectivity index (χ3v) is 12.7. The molecule has 0 amide bonds. The van der Waals surface area contributed by atoms with Crippen LogP contribution < -0.4 is 43.4 Å². The third-order valence-electron chi connectivity index (χ3n) is 12.7. The van der Waals surface area contributed by atoms with E-state index < -0.39 is 0 Å². The number of piperidine rings is 2. The van der Waals surface area contributed by atoms with Crippen molar-refractivity contribution >= 4 is 23.9 Å². The van der Waals surface area contributed by atoms with Gasteiger partial charge in [0.15, 0.2) is 0 Å². The second-order valence-corrected chi connectivity index (χ2v) is 16.1. The lowest BCUT2D eigenvalue weighted by molar-refractivity contribution is -0.961. The number of nitrogens with zero attached hydrogens (tertiary/aromatic N) is 2. The molecule has 12 heteroatoms. The normalized spacial score (nSPS) is 29.3. The molecule has 4 unspecified atom stereocenters. The molecule has 4 atom stereocenters. The zero-order chi connectivity index (χ0) is 36.9. The van der Waals surface area contributed by atoms with Gasteiger partial charge in [-0.15, -0.1) is 0 Å². The van der Waals surface area contributed by atoms with Crippen molar-refractivity contribution in [2.75, 3.05) is 14.1 Å². The number of quaternary nitrogens is 2. The second kappa shape index (κ2) is 19.4. The summed E-state index contributed by atoms with van der Waals surface area (Å²) in [5, 5.41) is 0.